The molecular weight excluding hydrogens is 525 g/mol. The standard InChI is InChI=1S/C24H24INO6/c1-29-24-20(26-16-8-7-14-10-17(25)18(27)11-15(14)9-16)21(28)22-19(31-24)12-30-23(32-22)13-5-3-2-4-6-13/h2-10,19-24,26,28H,11-12H2,1H3/t19?,20?,21-,22-,23?,24+/m1/s1. The zero-order valence-corrected chi connectivity index (χ0v) is 19.6. The van der Waals surface area contributed by atoms with Gasteiger partial charge in [-0.05, 0) is 51.9 Å². The number of anilines is 1. The molecule has 2 saturated heterocycles. The first-order valence-corrected chi connectivity index (χ1v) is 11.6. The Balaban J connectivity index is 1.36. The molecule has 0 saturated carbocycles. The lowest BCUT2D eigenvalue weighted by Crippen LogP contribution is -2.64. The predicted octanol–water partition coefficient (Wildman–Crippen LogP) is 3.21. The smallest absolute Gasteiger partial charge is 0.184 e. The van der Waals surface area contributed by atoms with Gasteiger partial charge in [-0.25, -0.2) is 0 Å². The van der Waals surface area contributed by atoms with Gasteiger partial charge in [0.05, 0.1) is 10.2 Å². The molecule has 168 valence electrons. The van der Waals surface area contributed by atoms with E-state index in [0.717, 1.165) is 26.0 Å². The average molecular weight is 549 g/mol. The number of ether oxygens (including phenoxy) is 4. The number of carbonyl (C=O) groups excluding carboxylic acids is 1. The van der Waals surface area contributed by atoms with Crippen LogP contribution in [0.4, 0.5) is 5.69 Å². The predicted molar refractivity (Wildman–Crippen MR) is 126 cm³/mol. The Kier molecular flexibility index (Phi) is 6.33. The highest BCUT2D eigenvalue weighted by Crippen LogP contribution is 2.35. The van der Waals surface area contributed by atoms with E-state index in [1.165, 1.54) is 0 Å². The molecule has 2 N–H and O–H groups in total. The number of allylic oxidation sites excluding steroid dienone is 1. The van der Waals surface area contributed by atoms with Crippen molar-refractivity contribution >= 4 is 40.1 Å². The molecule has 32 heavy (non-hydrogen) atoms. The monoisotopic (exact) mass is 549 g/mol. The minimum absolute atomic E-state index is 0.108. The molecule has 3 aliphatic rings. The van der Waals surface area contributed by atoms with E-state index < -0.39 is 36.9 Å². The van der Waals surface area contributed by atoms with Gasteiger partial charge < -0.3 is 29.4 Å². The molecule has 2 aromatic rings. The Labute approximate surface area is 199 Å². The number of fused-ring (bicyclic) bond motifs is 2. The molecule has 5 rings (SSSR count). The van der Waals surface area contributed by atoms with Crippen molar-refractivity contribution in [2.45, 2.75) is 43.4 Å². The third-order valence-corrected chi connectivity index (χ3v) is 6.96. The minimum atomic E-state index is -0.896. The van der Waals surface area contributed by atoms with Crippen LogP contribution in [0.3, 0.4) is 0 Å². The van der Waals surface area contributed by atoms with Crippen LogP contribution in [0.1, 0.15) is 23.0 Å². The lowest BCUT2D eigenvalue weighted by Gasteiger charge is -2.47. The fraction of sp³-hybridized carbons (Fsp3) is 0.375. The SMILES string of the molecule is CO[C@H]1OC2COC(c3ccccc3)O[C@H]2[C@H](O)C1Nc1ccc2c(c1)CC(=O)C(I)=C2. The van der Waals surface area contributed by atoms with Gasteiger partial charge in [-0.1, -0.05) is 36.4 Å². The van der Waals surface area contributed by atoms with Crippen LogP contribution in [0.25, 0.3) is 6.08 Å². The van der Waals surface area contributed by atoms with Crippen molar-refractivity contribution in [2.24, 2.45) is 0 Å². The van der Waals surface area contributed by atoms with Gasteiger partial charge in [0.25, 0.3) is 0 Å². The Bertz CT molecular complexity index is 1030. The minimum Gasteiger partial charge on any atom is -0.388 e. The number of benzene rings is 2. The van der Waals surface area contributed by atoms with Gasteiger partial charge in [0, 0.05) is 24.8 Å². The number of aliphatic hydroxyl groups excluding tert-OH is 1. The molecule has 3 unspecified atom stereocenters. The topological polar surface area (TPSA) is 86.2 Å². The van der Waals surface area contributed by atoms with E-state index in [1.54, 1.807) is 7.11 Å². The van der Waals surface area contributed by atoms with Gasteiger partial charge >= 0.3 is 0 Å². The molecule has 2 aromatic carbocycles. The van der Waals surface area contributed by atoms with Gasteiger partial charge in [0.15, 0.2) is 18.4 Å². The van der Waals surface area contributed by atoms with Crippen LogP contribution >= 0.6 is 22.6 Å². The van der Waals surface area contributed by atoms with E-state index >= 15 is 0 Å². The van der Waals surface area contributed by atoms with Crippen LogP contribution in [-0.4, -0.2) is 55.3 Å². The number of hydrogen-bond acceptors (Lipinski definition) is 7. The van der Waals surface area contributed by atoms with E-state index in [9.17, 15) is 9.90 Å². The van der Waals surface area contributed by atoms with Crippen molar-refractivity contribution in [1.82, 2.24) is 0 Å². The molecule has 0 aromatic heterocycles. The summed E-state index contributed by atoms with van der Waals surface area (Å²) in [7, 11) is 1.54. The molecule has 6 atom stereocenters. The van der Waals surface area contributed by atoms with E-state index in [2.05, 4.69) is 27.9 Å². The Morgan fingerprint density at radius 2 is 1.97 bits per heavy atom. The summed E-state index contributed by atoms with van der Waals surface area (Å²) in [5.41, 5.74) is 3.65. The lowest BCUT2D eigenvalue weighted by atomic mass is 9.94. The zero-order valence-electron chi connectivity index (χ0n) is 17.4. The quantitative estimate of drug-likeness (QED) is 0.567. The molecule has 8 heteroatoms. The number of ketones is 1. The maximum Gasteiger partial charge on any atom is 0.184 e. The third-order valence-electron chi connectivity index (χ3n) is 6.05. The fourth-order valence-electron chi connectivity index (χ4n) is 4.38. The summed E-state index contributed by atoms with van der Waals surface area (Å²) in [4.78, 5) is 12.1. The fourth-order valence-corrected chi connectivity index (χ4v) is 4.91. The lowest BCUT2D eigenvalue weighted by molar-refractivity contribution is -0.337. The summed E-state index contributed by atoms with van der Waals surface area (Å²) in [5, 5.41) is 14.6. The number of halogens is 1. The van der Waals surface area contributed by atoms with Crippen molar-refractivity contribution in [3.8, 4) is 0 Å². The Morgan fingerprint density at radius 1 is 1.16 bits per heavy atom. The van der Waals surface area contributed by atoms with Crippen molar-refractivity contribution in [3.05, 3.63) is 68.8 Å². The molecule has 2 aliphatic heterocycles. The third kappa shape index (κ3) is 4.23. The average Bonchev–Trinajstić information content (AvgIpc) is 2.82. The van der Waals surface area contributed by atoms with E-state index in [-0.39, 0.29) is 5.78 Å². The molecule has 0 spiro atoms. The van der Waals surface area contributed by atoms with E-state index in [0.29, 0.717) is 13.0 Å². The second-order valence-corrected chi connectivity index (χ2v) is 9.28. The van der Waals surface area contributed by atoms with Crippen molar-refractivity contribution in [3.63, 3.8) is 0 Å². The first-order valence-electron chi connectivity index (χ1n) is 10.5. The number of aliphatic hydroxyl groups is 1. The van der Waals surface area contributed by atoms with E-state index in [4.69, 9.17) is 18.9 Å². The van der Waals surface area contributed by atoms with Crippen LogP contribution in [0.2, 0.25) is 0 Å². The molecule has 7 nitrogen and oxygen atoms in total. The Morgan fingerprint density at radius 3 is 2.75 bits per heavy atom. The maximum absolute atomic E-state index is 12.1. The largest absolute Gasteiger partial charge is 0.388 e. The Hall–Kier alpha value is -1.82. The van der Waals surface area contributed by atoms with Crippen molar-refractivity contribution in [1.29, 1.82) is 0 Å². The van der Waals surface area contributed by atoms with E-state index in [1.807, 2.05) is 54.6 Å². The number of methoxy groups -OCH3 is 1. The van der Waals surface area contributed by atoms with Crippen LogP contribution in [-0.2, 0) is 30.2 Å². The summed E-state index contributed by atoms with van der Waals surface area (Å²) >= 11 is 2.07. The zero-order chi connectivity index (χ0) is 22.2. The normalized spacial score (nSPS) is 32.0. The van der Waals surface area contributed by atoms with Crippen LogP contribution in [0.5, 0.6) is 0 Å². The van der Waals surface area contributed by atoms with Gasteiger partial charge in [0.1, 0.15) is 24.4 Å². The molecule has 2 heterocycles. The highest BCUT2D eigenvalue weighted by Gasteiger charge is 2.49. The first-order chi connectivity index (χ1) is 15.5. The second-order valence-electron chi connectivity index (χ2n) is 8.12. The van der Waals surface area contributed by atoms with Gasteiger partial charge in [0.2, 0.25) is 0 Å². The highest BCUT2D eigenvalue weighted by atomic mass is 127. The van der Waals surface area contributed by atoms with Gasteiger partial charge in [-0.3, -0.25) is 4.79 Å². The van der Waals surface area contributed by atoms with Gasteiger partial charge in [-0.15, -0.1) is 0 Å². The molecule has 0 amide bonds. The summed E-state index contributed by atoms with van der Waals surface area (Å²) in [6.07, 6.45) is -0.924. The molecule has 2 fully saturated rings. The second kappa shape index (κ2) is 9.20. The summed E-state index contributed by atoms with van der Waals surface area (Å²) < 4.78 is 24.3. The maximum atomic E-state index is 12.1. The summed E-state index contributed by atoms with van der Waals surface area (Å²) in [6.45, 7) is 0.291. The summed E-state index contributed by atoms with van der Waals surface area (Å²) in [6, 6.07) is 14.9. The molecule has 1 aliphatic carbocycles. The molecular formula is C24H24INO6. The van der Waals surface area contributed by atoms with Crippen molar-refractivity contribution < 1.29 is 28.8 Å². The molecule has 0 radical (unpaired) electrons. The number of carbonyl (C=O) groups is 1. The number of hydrogen-bond donors (Lipinski definition) is 2. The number of nitrogens with one attached hydrogen (secondary N) is 1. The van der Waals surface area contributed by atoms with Gasteiger partial charge in [-0.2, -0.15) is 0 Å². The number of rotatable bonds is 4. The van der Waals surface area contributed by atoms with Crippen LogP contribution < -0.4 is 5.32 Å². The first kappa shape index (κ1) is 22.0. The summed E-state index contributed by atoms with van der Waals surface area (Å²) in [5.74, 6) is 0.108. The van der Waals surface area contributed by atoms with Crippen LogP contribution in [0, 0.1) is 0 Å². The van der Waals surface area contributed by atoms with Crippen molar-refractivity contribution in [2.75, 3.05) is 19.0 Å². The highest BCUT2D eigenvalue weighted by molar-refractivity contribution is 14.1. The molecule has 0 bridgehead atoms. The van der Waals surface area contributed by atoms with Crippen LogP contribution in [0.15, 0.2) is 52.1 Å². The number of Topliss-reactive ketones (excluding diaryl/α,β-unsaturated/α-hetero) is 1.